The van der Waals surface area contributed by atoms with E-state index in [1.807, 2.05) is 0 Å². The predicted molar refractivity (Wildman–Crippen MR) is 91.6 cm³/mol. The fraction of sp³-hybridized carbons (Fsp3) is 0.300. The van der Waals surface area contributed by atoms with Crippen molar-refractivity contribution in [2.24, 2.45) is 5.92 Å². The summed E-state index contributed by atoms with van der Waals surface area (Å²) in [5, 5.41) is 0. The van der Waals surface area contributed by atoms with Crippen molar-refractivity contribution in [3.05, 3.63) is 71.8 Å². The Morgan fingerprint density at radius 2 is 1.38 bits per heavy atom. The van der Waals surface area contributed by atoms with Crippen LogP contribution in [0, 0.1) is 5.92 Å². The molecule has 0 atom stereocenters. The Balaban J connectivity index is 1.68. The molecule has 0 radical (unpaired) electrons. The van der Waals surface area contributed by atoms with Crippen LogP contribution in [0.5, 0.6) is 0 Å². The van der Waals surface area contributed by atoms with Crippen molar-refractivity contribution in [3.63, 3.8) is 0 Å². The van der Waals surface area contributed by atoms with Gasteiger partial charge in [-0.2, -0.15) is 0 Å². The Labute approximate surface area is 132 Å². The van der Waals surface area contributed by atoms with Crippen LogP contribution in [0.15, 0.2) is 66.2 Å². The van der Waals surface area contributed by atoms with Gasteiger partial charge >= 0.3 is 0 Å². The van der Waals surface area contributed by atoms with Crippen LogP contribution in [0.2, 0.25) is 0 Å². The summed E-state index contributed by atoms with van der Waals surface area (Å²) in [5.41, 5.74) is 5.76. The van der Waals surface area contributed by atoms with Gasteiger partial charge in [0.15, 0.2) is 0 Å². The monoisotopic (exact) mass is 296 g/mol. The Morgan fingerprint density at radius 3 is 2.00 bits per heavy atom. The summed E-state index contributed by atoms with van der Waals surface area (Å²) < 4.78 is 0. The predicted octanol–water partition coefficient (Wildman–Crippen LogP) is 6.38. The molecule has 0 nitrogen and oxygen atoms in total. The molecule has 0 amide bonds. The lowest BCUT2D eigenvalue weighted by Crippen LogP contribution is -2.11. The summed E-state index contributed by atoms with van der Waals surface area (Å²) in [4.78, 5) is 0. The molecular formula is C20H21Cl. The van der Waals surface area contributed by atoms with Gasteiger partial charge in [0.2, 0.25) is 0 Å². The van der Waals surface area contributed by atoms with Crippen LogP contribution in [0.25, 0.3) is 11.1 Å². The lowest BCUT2D eigenvalue weighted by molar-refractivity contribution is 0.376. The molecule has 3 rings (SSSR count). The summed E-state index contributed by atoms with van der Waals surface area (Å²) in [6.45, 7) is 0. The molecule has 1 aliphatic rings. The number of benzene rings is 2. The quantitative estimate of drug-likeness (QED) is 0.616. The SMILES string of the molecule is ClC=CC1CCC(c2ccc(-c3ccccc3)cc2)CC1. The van der Waals surface area contributed by atoms with Crippen LogP contribution in [-0.4, -0.2) is 0 Å². The molecule has 2 aromatic rings. The molecule has 0 heterocycles. The number of hydrogen-bond acceptors (Lipinski definition) is 0. The Morgan fingerprint density at radius 1 is 0.762 bits per heavy atom. The van der Waals surface area contributed by atoms with Gasteiger partial charge < -0.3 is 0 Å². The largest absolute Gasteiger partial charge is 0.0933 e. The number of allylic oxidation sites excluding steroid dienone is 1. The average Bonchev–Trinajstić information content (AvgIpc) is 2.57. The molecule has 0 spiro atoms. The summed E-state index contributed by atoms with van der Waals surface area (Å²) >= 11 is 5.68. The highest BCUT2D eigenvalue weighted by molar-refractivity contribution is 6.25. The molecule has 0 aromatic heterocycles. The number of halogens is 1. The van der Waals surface area contributed by atoms with Crippen LogP contribution in [-0.2, 0) is 0 Å². The van der Waals surface area contributed by atoms with E-state index in [0.717, 1.165) is 5.92 Å². The first-order valence-corrected chi connectivity index (χ1v) is 8.23. The molecular weight excluding hydrogens is 276 g/mol. The topological polar surface area (TPSA) is 0 Å². The lowest BCUT2D eigenvalue weighted by atomic mass is 9.78. The maximum Gasteiger partial charge on any atom is 0.000525 e. The highest BCUT2D eigenvalue weighted by atomic mass is 35.5. The average molecular weight is 297 g/mol. The van der Waals surface area contributed by atoms with E-state index in [1.54, 1.807) is 5.54 Å². The maximum atomic E-state index is 5.68. The second-order valence-electron chi connectivity index (χ2n) is 5.92. The third kappa shape index (κ3) is 3.57. The molecule has 108 valence electrons. The van der Waals surface area contributed by atoms with Crippen molar-refractivity contribution < 1.29 is 0 Å². The van der Waals surface area contributed by atoms with Crippen LogP contribution >= 0.6 is 11.6 Å². The second-order valence-corrected chi connectivity index (χ2v) is 6.17. The molecule has 0 unspecified atom stereocenters. The zero-order chi connectivity index (χ0) is 14.5. The van der Waals surface area contributed by atoms with Crippen LogP contribution in [0.3, 0.4) is 0 Å². The lowest BCUT2D eigenvalue weighted by Gasteiger charge is -2.27. The highest BCUT2D eigenvalue weighted by Crippen LogP contribution is 2.36. The van der Waals surface area contributed by atoms with E-state index in [0.29, 0.717) is 5.92 Å². The smallest absolute Gasteiger partial charge is 0.000525 e. The summed E-state index contributed by atoms with van der Waals surface area (Å²) in [6, 6.07) is 19.7. The Bertz CT molecular complexity index is 575. The molecule has 0 aliphatic heterocycles. The van der Waals surface area contributed by atoms with Crippen LogP contribution in [0.4, 0.5) is 0 Å². The minimum Gasteiger partial charge on any atom is -0.0933 e. The van der Waals surface area contributed by atoms with Crippen molar-refractivity contribution in [1.82, 2.24) is 0 Å². The molecule has 2 aromatic carbocycles. The van der Waals surface area contributed by atoms with Gasteiger partial charge in [0.25, 0.3) is 0 Å². The fourth-order valence-electron chi connectivity index (χ4n) is 3.33. The van der Waals surface area contributed by atoms with Gasteiger partial charge in [0.05, 0.1) is 0 Å². The van der Waals surface area contributed by atoms with Gasteiger partial charge in [0, 0.05) is 5.54 Å². The second kappa shape index (κ2) is 6.95. The summed E-state index contributed by atoms with van der Waals surface area (Å²) in [6.07, 6.45) is 7.21. The van der Waals surface area contributed by atoms with Crippen molar-refractivity contribution in [1.29, 1.82) is 0 Å². The van der Waals surface area contributed by atoms with E-state index in [4.69, 9.17) is 11.6 Å². The van der Waals surface area contributed by atoms with Crippen molar-refractivity contribution in [3.8, 4) is 11.1 Å². The van der Waals surface area contributed by atoms with Crippen molar-refractivity contribution in [2.45, 2.75) is 31.6 Å². The zero-order valence-corrected chi connectivity index (χ0v) is 13.0. The first-order chi connectivity index (χ1) is 10.4. The third-order valence-corrected chi connectivity index (χ3v) is 4.75. The molecule has 0 bridgehead atoms. The van der Waals surface area contributed by atoms with Gasteiger partial charge in [-0.05, 0) is 54.2 Å². The minimum absolute atomic E-state index is 0.683. The fourth-order valence-corrected chi connectivity index (χ4v) is 3.53. The summed E-state index contributed by atoms with van der Waals surface area (Å²) in [5.74, 6) is 1.40. The highest BCUT2D eigenvalue weighted by Gasteiger charge is 2.20. The van der Waals surface area contributed by atoms with Gasteiger partial charge in [-0.1, -0.05) is 72.3 Å². The first-order valence-electron chi connectivity index (χ1n) is 7.79. The van der Waals surface area contributed by atoms with Crippen molar-refractivity contribution >= 4 is 11.6 Å². The van der Waals surface area contributed by atoms with E-state index in [-0.39, 0.29) is 0 Å². The van der Waals surface area contributed by atoms with Gasteiger partial charge in [-0.15, -0.1) is 0 Å². The molecule has 0 saturated heterocycles. The van der Waals surface area contributed by atoms with E-state index < -0.39 is 0 Å². The molecule has 1 saturated carbocycles. The molecule has 1 fully saturated rings. The normalized spacial score (nSPS) is 22.5. The minimum atomic E-state index is 0.683. The van der Waals surface area contributed by atoms with E-state index >= 15 is 0 Å². The zero-order valence-electron chi connectivity index (χ0n) is 12.2. The Kier molecular flexibility index (Phi) is 4.77. The van der Waals surface area contributed by atoms with E-state index in [1.165, 1.54) is 42.4 Å². The van der Waals surface area contributed by atoms with E-state index in [2.05, 4.69) is 60.7 Å². The molecule has 21 heavy (non-hydrogen) atoms. The first kappa shape index (κ1) is 14.4. The standard InChI is InChI=1S/C20H21Cl/c21-15-14-16-6-8-18(9-7-16)20-12-10-19(11-13-20)17-4-2-1-3-5-17/h1-5,10-16,18H,6-9H2. The summed E-state index contributed by atoms with van der Waals surface area (Å²) in [7, 11) is 0. The Hall–Kier alpha value is -1.53. The number of hydrogen-bond donors (Lipinski definition) is 0. The molecule has 0 N–H and O–H groups in total. The van der Waals surface area contributed by atoms with Crippen LogP contribution in [0.1, 0.15) is 37.2 Å². The third-order valence-electron chi connectivity index (χ3n) is 4.61. The molecule has 1 aliphatic carbocycles. The molecule has 1 heteroatoms. The van der Waals surface area contributed by atoms with Gasteiger partial charge in [-0.25, -0.2) is 0 Å². The van der Waals surface area contributed by atoms with Gasteiger partial charge in [-0.3, -0.25) is 0 Å². The van der Waals surface area contributed by atoms with Crippen LogP contribution < -0.4 is 0 Å². The van der Waals surface area contributed by atoms with E-state index in [9.17, 15) is 0 Å². The van der Waals surface area contributed by atoms with Gasteiger partial charge in [0.1, 0.15) is 0 Å². The number of rotatable bonds is 3. The van der Waals surface area contributed by atoms with Crippen molar-refractivity contribution in [2.75, 3.05) is 0 Å². The maximum absolute atomic E-state index is 5.68.